The second-order valence-electron chi connectivity index (χ2n) is 4.13. The van der Waals surface area contributed by atoms with Crippen LogP contribution in [0.4, 0.5) is 11.8 Å². The summed E-state index contributed by atoms with van der Waals surface area (Å²) in [6.07, 6.45) is 3.65. The summed E-state index contributed by atoms with van der Waals surface area (Å²) >= 11 is 0. The first-order chi connectivity index (χ1) is 7.19. The average molecular weight is 204 g/mol. The zero-order valence-corrected chi connectivity index (χ0v) is 8.74. The monoisotopic (exact) mass is 204 g/mol. The number of carbonyl (C=O) groups is 1. The lowest BCUT2D eigenvalue weighted by molar-refractivity contribution is -0.119. The standard InChI is InChI=1S/C10H12N4O/c1-11-9-12-5-6-7(13-9)14(2)8(15)10(6)3-4-10/h5H,3-4H2,1-2H3,(H,11,12,13). The number of carbonyl (C=O) groups excluding carboxylic acids is 1. The van der Waals surface area contributed by atoms with Crippen LogP contribution in [-0.4, -0.2) is 30.0 Å². The Hall–Kier alpha value is -1.65. The third kappa shape index (κ3) is 0.900. The third-order valence-corrected chi connectivity index (χ3v) is 3.29. The van der Waals surface area contributed by atoms with Crippen LogP contribution in [0.25, 0.3) is 0 Å². The van der Waals surface area contributed by atoms with E-state index in [1.165, 1.54) is 0 Å². The van der Waals surface area contributed by atoms with E-state index in [1.54, 1.807) is 25.2 Å². The van der Waals surface area contributed by atoms with Crippen LogP contribution in [0.2, 0.25) is 0 Å². The van der Waals surface area contributed by atoms with Crippen molar-refractivity contribution in [1.29, 1.82) is 0 Å². The van der Waals surface area contributed by atoms with Gasteiger partial charge in [-0.05, 0) is 12.8 Å². The molecule has 1 aromatic rings. The fourth-order valence-corrected chi connectivity index (χ4v) is 2.23. The largest absolute Gasteiger partial charge is 0.357 e. The quantitative estimate of drug-likeness (QED) is 0.724. The maximum absolute atomic E-state index is 12.0. The Morgan fingerprint density at radius 2 is 2.27 bits per heavy atom. The highest BCUT2D eigenvalue weighted by Crippen LogP contribution is 2.56. The van der Waals surface area contributed by atoms with Crippen molar-refractivity contribution in [3.63, 3.8) is 0 Å². The molecule has 1 amide bonds. The van der Waals surface area contributed by atoms with Gasteiger partial charge >= 0.3 is 0 Å². The molecule has 0 saturated heterocycles. The number of nitrogens with zero attached hydrogens (tertiary/aromatic N) is 3. The van der Waals surface area contributed by atoms with Gasteiger partial charge in [-0.2, -0.15) is 4.98 Å². The second kappa shape index (κ2) is 2.48. The summed E-state index contributed by atoms with van der Waals surface area (Å²) < 4.78 is 0. The maximum atomic E-state index is 12.0. The molecule has 5 nitrogen and oxygen atoms in total. The molecule has 0 radical (unpaired) electrons. The van der Waals surface area contributed by atoms with Crippen molar-refractivity contribution in [1.82, 2.24) is 9.97 Å². The van der Waals surface area contributed by atoms with Crippen LogP contribution in [0.5, 0.6) is 0 Å². The van der Waals surface area contributed by atoms with Crippen molar-refractivity contribution in [2.45, 2.75) is 18.3 Å². The second-order valence-corrected chi connectivity index (χ2v) is 4.13. The minimum absolute atomic E-state index is 0.167. The molecule has 1 spiro atoms. The molecule has 0 bridgehead atoms. The van der Waals surface area contributed by atoms with Gasteiger partial charge < -0.3 is 5.32 Å². The highest BCUT2D eigenvalue weighted by atomic mass is 16.2. The number of likely N-dealkylation sites (N-methyl/N-ethyl adjacent to an activating group) is 1. The summed E-state index contributed by atoms with van der Waals surface area (Å²) in [7, 11) is 3.55. The summed E-state index contributed by atoms with van der Waals surface area (Å²) in [5.41, 5.74) is 0.727. The molecule has 5 heteroatoms. The molecule has 0 unspecified atom stereocenters. The van der Waals surface area contributed by atoms with Gasteiger partial charge in [-0.1, -0.05) is 0 Å². The summed E-state index contributed by atoms with van der Waals surface area (Å²) in [4.78, 5) is 22.1. The zero-order valence-electron chi connectivity index (χ0n) is 8.74. The summed E-state index contributed by atoms with van der Waals surface area (Å²) in [6, 6.07) is 0. The van der Waals surface area contributed by atoms with E-state index in [1.807, 2.05) is 0 Å². The van der Waals surface area contributed by atoms with Crippen LogP contribution in [0, 0.1) is 0 Å². The number of hydrogen-bond acceptors (Lipinski definition) is 4. The topological polar surface area (TPSA) is 58.1 Å². The molecule has 1 aliphatic carbocycles. The van der Waals surface area contributed by atoms with Gasteiger partial charge in [0.2, 0.25) is 11.9 Å². The number of rotatable bonds is 1. The van der Waals surface area contributed by atoms with Gasteiger partial charge in [-0.25, -0.2) is 4.98 Å². The SMILES string of the molecule is CNc1ncc2c(n1)N(C)C(=O)C21CC1. The molecule has 0 aromatic carbocycles. The van der Waals surface area contributed by atoms with Crippen molar-refractivity contribution in [3.8, 4) is 0 Å². The van der Waals surface area contributed by atoms with Crippen LogP contribution in [0.1, 0.15) is 18.4 Å². The van der Waals surface area contributed by atoms with Crippen molar-refractivity contribution < 1.29 is 4.79 Å². The molecule has 78 valence electrons. The lowest BCUT2D eigenvalue weighted by atomic mass is 10.0. The third-order valence-electron chi connectivity index (χ3n) is 3.29. The van der Waals surface area contributed by atoms with Crippen LogP contribution >= 0.6 is 0 Å². The Morgan fingerprint density at radius 3 is 2.87 bits per heavy atom. The Morgan fingerprint density at radius 1 is 1.53 bits per heavy atom. The van der Waals surface area contributed by atoms with Crippen LogP contribution in [-0.2, 0) is 10.2 Å². The van der Waals surface area contributed by atoms with E-state index in [4.69, 9.17) is 0 Å². The first kappa shape index (κ1) is 8.64. The normalized spacial score (nSPS) is 20.7. The Bertz CT molecular complexity index is 453. The van der Waals surface area contributed by atoms with E-state index in [-0.39, 0.29) is 11.3 Å². The molecule has 0 atom stereocenters. The van der Waals surface area contributed by atoms with Crippen molar-refractivity contribution >= 4 is 17.7 Å². The Labute approximate surface area is 87.5 Å². The van der Waals surface area contributed by atoms with E-state index >= 15 is 0 Å². The van der Waals surface area contributed by atoms with Gasteiger partial charge in [-0.3, -0.25) is 9.69 Å². The van der Waals surface area contributed by atoms with E-state index in [2.05, 4.69) is 15.3 Å². The predicted octanol–water partition coefficient (Wildman–Crippen LogP) is 0.526. The smallest absolute Gasteiger partial charge is 0.238 e. The minimum atomic E-state index is -0.268. The van der Waals surface area contributed by atoms with Crippen LogP contribution in [0.15, 0.2) is 6.20 Å². The molecule has 1 N–H and O–H groups in total. The van der Waals surface area contributed by atoms with E-state index in [9.17, 15) is 4.79 Å². The molecule has 1 aromatic heterocycles. The summed E-state index contributed by atoms with van der Waals surface area (Å²) in [5, 5.41) is 2.88. The van der Waals surface area contributed by atoms with E-state index in [0.29, 0.717) is 5.95 Å². The molecule has 2 aliphatic rings. The number of hydrogen-bond donors (Lipinski definition) is 1. The van der Waals surface area contributed by atoms with Gasteiger partial charge in [0.05, 0.1) is 5.41 Å². The fraction of sp³-hybridized carbons (Fsp3) is 0.500. The van der Waals surface area contributed by atoms with E-state index < -0.39 is 0 Å². The zero-order chi connectivity index (χ0) is 10.6. The molecule has 1 aliphatic heterocycles. The first-order valence-corrected chi connectivity index (χ1v) is 5.02. The highest BCUT2D eigenvalue weighted by Gasteiger charge is 2.59. The van der Waals surface area contributed by atoms with Crippen molar-refractivity contribution in [3.05, 3.63) is 11.8 Å². The van der Waals surface area contributed by atoms with Gasteiger partial charge in [-0.15, -0.1) is 0 Å². The highest BCUT2D eigenvalue weighted by molar-refractivity contribution is 6.08. The number of fused-ring (bicyclic) bond motifs is 2. The molecular formula is C10H12N4O. The molecule has 1 fully saturated rings. The number of anilines is 2. The predicted molar refractivity (Wildman–Crippen MR) is 55.9 cm³/mol. The minimum Gasteiger partial charge on any atom is -0.357 e. The van der Waals surface area contributed by atoms with Crippen LogP contribution in [0.3, 0.4) is 0 Å². The van der Waals surface area contributed by atoms with Gasteiger partial charge in [0, 0.05) is 25.9 Å². The first-order valence-electron chi connectivity index (χ1n) is 5.02. The van der Waals surface area contributed by atoms with Crippen molar-refractivity contribution in [2.24, 2.45) is 0 Å². The Balaban J connectivity index is 2.18. The summed E-state index contributed by atoms with van der Waals surface area (Å²) in [6.45, 7) is 0. The number of amides is 1. The number of nitrogens with one attached hydrogen (secondary N) is 1. The fourth-order valence-electron chi connectivity index (χ4n) is 2.23. The lowest BCUT2D eigenvalue weighted by Crippen LogP contribution is -2.28. The molecular weight excluding hydrogens is 192 g/mol. The van der Waals surface area contributed by atoms with Crippen molar-refractivity contribution in [2.75, 3.05) is 24.3 Å². The average Bonchev–Trinajstić information content (AvgIpc) is 3.04. The summed E-state index contributed by atoms with van der Waals surface area (Å²) in [5.74, 6) is 1.49. The molecule has 1 saturated carbocycles. The van der Waals surface area contributed by atoms with Gasteiger partial charge in [0.15, 0.2) is 0 Å². The molecule has 2 heterocycles. The lowest BCUT2D eigenvalue weighted by Gasteiger charge is -2.09. The van der Waals surface area contributed by atoms with E-state index in [0.717, 1.165) is 24.2 Å². The van der Waals surface area contributed by atoms with Crippen LogP contribution < -0.4 is 10.2 Å². The molecule has 15 heavy (non-hydrogen) atoms. The van der Waals surface area contributed by atoms with Gasteiger partial charge in [0.25, 0.3) is 0 Å². The Kier molecular flexibility index (Phi) is 1.43. The number of aromatic nitrogens is 2. The molecule has 3 rings (SSSR count). The maximum Gasteiger partial charge on any atom is 0.238 e. The van der Waals surface area contributed by atoms with Gasteiger partial charge in [0.1, 0.15) is 5.82 Å².